The zero-order chi connectivity index (χ0) is 13.1. The molecule has 0 radical (unpaired) electrons. The van der Waals surface area contributed by atoms with Crippen LogP contribution in [0.3, 0.4) is 0 Å². The van der Waals surface area contributed by atoms with Crippen LogP contribution in [0.5, 0.6) is 0 Å². The lowest BCUT2D eigenvalue weighted by Gasteiger charge is -2.34. The molecule has 100 valence electrons. The second kappa shape index (κ2) is 5.52. The summed E-state index contributed by atoms with van der Waals surface area (Å²) in [5.41, 5.74) is 6.46. The molecule has 0 bridgehead atoms. The van der Waals surface area contributed by atoms with Crippen LogP contribution in [-0.2, 0) is 6.42 Å². The molecule has 2 rings (SSSR count). The Morgan fingerprint density at radius 3 is 2.72 bits per heavy atom. The standard InChI is InChI=1S/C13H22N4O/c1-9(2)17-5-3-10(4-6-17)7-11-8-12(14)13(18)16-15-11/h8-10H,3-7H2,1-2H3,(H2,14,15)(H,16,18). The first-order chi connectivity index (χ1) is 8.56. The lowest BCUT2D eigenvalue weighted by Crippen LogP contribution is -2.38. The zero-order valence-electron chi connectivity index (χ0n) is 11.1. The van der Waals surface area contributed by atoms with E-state index in [1.165, 1.54) is 12.8 Å². The van der Waals surface area contributed by atoms with Crippen molar-refractivity contribution < 1.29 is 0 Å². The van der Waals surface area contributed by atoms with Crippen molar-refractivity contribution in [1.29, 1.82) is 0 Å². The molecule has 0 atom stereocenters. The van der Waals surface area contributed by atoms with Gasteiger partial charge in [0.2, 0.25) is 0 Å². The van der Waals surface area contributed by atoms with Crippen molar-refractivity contribution in [2.24, 2.45) is 5.92 Å². The SMILES string of the molecule is CC(C)N1CCC(Cc2cc(N)c(=O)[nH]n2)CC1. The molecule has 1 aromatic rings. The predicted octanol–water partition coefficient (Wildman–Crippen LogP) is 1.02. The summed E-state index contributed by atoms with van der Waals surface area (Å²) < 4.78 is 0. The van der Waals surface area contributed by atoms with Crippen molar-refractivity contribution in [3.8, 4) is 0 Å². The van der Waals surface area contributed by atoms with Crippen LogP contribution in [-0.4, -0.2) is 34.2 Å². The van der Waals surface area contributed by atoms with E-state index in [0.29, 0.717) is 12.0 Å². The number of nitrogens with two attached hydrogens (primary N) is 1. The van der Waals surface area contributed by atoms with E-state index in [2.05, 4.69) is 28.9 Å². The molecule has 1 fully saturated rings. The molecular weight excluding hydrogens is 228 g/mol. The number of likely N-dealkylation sites (tertiary alicyclic amines) is 1. The first-order valence-electron chi connectivity index (χ1n) is 6.64. The van der Waals surface area contributed by atoms with Crippen molar-refractivity contribution in [3.63, 3.8) is 0 Å². The molecule has 1 aliphatic heterocycles. The van der Waals surface area contributed by atoms with E-state index in [-0.39, 0.29) is 11.2 Å². The number of nitrogens with zero attached hydrogens (tertiary/aromatic N) is 2. The highest BCUT2D eigenvalue weighted by atomic mass is 16.1. The molecule has 1 saturated heterocycles. The first kappa shape index (κ1) is 13.1. The van der Waals surface area contributed by atoms with Crippen molar-refractivity contribution in [2.45, 2.75) is 39.2 Å². The van der Waals surface area contributed by atoms with Crippen LogP contribution in [0.25, 0.3) is 0 Å². The smallest absolute Gasteiger partial charge is 0.287 e. The largest absolute Gasteiger partial charge is 0.394 e. The monoisotopic (exact) mass is 250 g/mol. The van der Waals surface area contributed by atoms with Gasteiger partial charge in [-0.2, -0.15) is 5.10 Å². The molecule has 5 nitrogen and oxygen atoms in total. The highest BCUT2D eigenvalue weighted by molar-refractivity contribution is 5.34. The average molecular weight is 250 g/mol. The third-order valence-electron chi connectivity index (χ3n) is 3.76. The zero-order valence-corrected chi connectivity index (χ0v) is 11.1. The molecule has 5 heteroatoms. The van der Waals surface area contributed by atoms with E-state index in [4.69, 9.17) is 5.73 Å². The van der Waals surface area contributed by atoms with Crippen molar-refractivity contribution in [1.82, 2.24) is 15.1 Å². The van der Waals surface area contributed by atoms with Gasteiger partial charge in [-0.1, -0.05) is 0 Å². The minimum Gasteiger partial charge on any atom is -0.394 e. The van der Waals surface area contributed by atoms with Gasteiger partial charge in [0, 0.05) is 6.04 Å². The molecule has 1 aliphatic rings. The Hall–Kier alpha value is -1.36. The Labute approximate surface area is 107 Å². The molecule has 3 N–H and O–H groups in total. The molecule has 2 heterocycles. The van der Waals surface area contributed by atoms with E-state index >= 15 is 0 Å². The van der Waals surface area contributed by atoms with E-state index in [9.17, 15) is 4.79 Å². The van der Waals surface area contributed by atoms with Gasteiger partial charge in [-0.25, -0.2) is 5.10 Å². The number of nitrogens with one attached hydrogen (secondary N) is 1. The van der Waals surface area contributed by atoms with Crippen molar-refractivity contribution >= 4 is 5.69 Å². The Morgan fingerprint density at radius 2 is 2.17 bits per heavy atom. The van der Waals surface area contributed by atoms with Gasteiger partial charge in [0.1, 0.15) is 5.69 Å². The summed E-state index contributed by atoms with van der Waals surface area (Å²) in [6.45, 7) is 6.79. The maximum Gasteiger partial charge on any atom is 0.287 e. The molecule has 0 saturated carbocycles. The minimum atomic E-state index is -0.298. The fraction of sp³-hybridized carbons (Fsp3) is 0.692. The minimum absolute atomic E-state index is 0.264. The van der Waals surface area contributed by atoms with Gasteiger partial charge in [-0.3, -0.25) is 4.79 Å². The highest BCUT2D eigenvalue weighted by Crippen LogP contribution is 2.22. The third kappa shape index (κ3) is 3.10. The van der Waals surface area contributed by atoms with Crippen molar-refractivity contribution in [2.75, 3.05) is 18.8 Å². The number of hydrogen-bond acceptors (Lipinski definition) is 4. The maximum atomic E-state index is 11.1. The molecule has 18 heavy (non-hydrogen) atoms. The van der Waals surface area contributed by atoms with E-state index in [1.807, 2.05) is 0 Å². The van der Waals surface area contributed by atoms with Gasteiger partial charge >= 0.3 is 0 Å². The number of aromatic nitrogens is 2. The van der Waals surface area contributed by atoms with Crippen LogP contribution in [0.15, 0.2) is 10.9 Å². The van der Waals surface area contributed by atoms with Crippen LogP contribution in [0.2, 0.25) is 0 Å². The average Bonchev–Trinajstić information content (AvgIpc) is 2.34. The van der Waals surface area contributed by atoms with Crippen LogP contribution in [0, 0.1) is 5.92 Å². The lowest BCUT2D eigenvalue weighted by molar-refractivity contribution is 0.149. The predicted molar refractivity (Wildman–Crippen MR) is 72.4 cm³/mol. The third-order valence-corrected chi connectivity index (χ3v) is 3.76. The van der Waals surface area contributed by atoms with Gasteiger partial charge in [0.05, 0.1) is 5.69 Å². The summed E-state index contributed by atoms with van der Waals surface area (Å²) in [6, 6.07) is 2.33. The summed E-state index contributed by atoms with van der Waals surface area (Å²) in [5, 5.41) is 6.50. The lowest BCUT2D eigenvalue weighted by atomic mass is 9.91. The Balaban J connectivity index is 1.91. The Bertz CT molecular complexity index is 447. The normalized spacial score (nSPS) is 18.4. The van der Waals surface area contributed by atoms with E-state index < -0.39 is 0 Å². The number of H-pyrrole nitrogens is 1. The second-order valence-electron chi connectivity index (χ2n) is 5.42. The Kier molecular flexibility index (Phi) is 4.01. The van der Waals surface area contributed by atoms with Gasteiger partial charge in [0.15, 0.2) is 0 Å². The molecule has 0 amide bonds. The summed E-state index contributed by atoms with van der Waals surface area (Å²) in [5.74, 6) is 0.651. The molecule has 0 aromatic carbocycles. The van der Waals surface area contributed by atoms with E-state index in [1.54, 1.807) is 6.07 Å². The van der Waals surface area contributed by atoms with Crippen LogP contribution < -0.4 is 11.3 Å². The molecule has 0 aliphatic carbocycles. The van der Waals surface area contributed by atoms with Crippen LogP contribution in [0.4, 0.5) is 5.69 Å². The molecule has 0 unspecified atom stereocenters. The van der Waals surface area contributed by atoms with Gasteiger partial charge in [-0.05, 0) is 58.2 Å². The van der Waals surface area contributed by atoms with Crippen LogP contribution >= 0.6 is 0 Å². The molecular formula is C13H22N4O. The number of aromatic amines is 1. The Morgan fingerprint density at radius 1 is 1.50 bits per heavy atom. The maximum absolute atomic E-state index is 11.1. The number of anilines is 1. The number of hydrogen-bond donors (Lipinski definition) is 2. The van der Waals surface area contributed by atoms with Crippen molar-refractivity contribution in [3.05, 3.63) is 22.1 Å². The van der Waals surface area contributed by atoms with Crippen LogP contribution in [0.1, 0.15) is 32.4 Å². The highest BCUT2D eigenvalue weighted by Gasteiger charge is 2.21. The van der Waals surface area contributed by atoms with E-state index in [0.717, 1.165) is 25.2 Å². The number of piperidine rings is 1. The molecule has 1 aromatic heterocycles. The van der Waals surface area contributed by atoms with Gasteiger partial charge in [-0.15, -0.1) is 0 Å². The van der Waals surface area contributed by atoms with Gasteiger partial charge in [0.25, 0.3) is 5.56 Å². The number of rotatable bonds is 3. The summed E-state index contributed by atoms with van der Waals surface area (Å²) in [6.07, 6.45) is 3.30. The molecule has 0 spiro atoms. The second-order valence-corrected chi connectivity index (χ2v) is 5.42. The fourth-order valence-electron chi connectivity index (χ4n) is 2.54. The summed E-state index contributed by atoms with van der Waals surface area (Å²) in [4.78, 5) is 13.6. The summed E-state index contributed by atoms with van der Waals surface area (Å²) >= 11 is 0. The van der Waals surface area contributed by atoms with Gasteiger partial charge < -0.3 is 10.6 Å². The topological polar surface area (TPSA) is 75.0 Å². The summed E-state index contributed by atoms with van der Waals surface area (Å²) in [7, 11) is 0. The number of nitrogen functional groups attached to an aromatic ring is 1. The fourth-order valence-corrected chi connectivity index (χ4v) is 2.54. The first-order valence-corrected chi connectivity index (χ1v) is 6.64. The quantitative estimate of drug-likeness (QED) is 0.839.